The molecule has 4 atom stereocenters. The molecule has 0 aromatic carbocycles. The van der Waals surface area contributed by atoms with E-state index in [1.54, 1.807) is 13.8 Å². The van der Waals surface area contributed by atoms with E-state index in [1.165, 1.54) is 14.2 Å². The Bertz CT molecular complexity index is 282. The van der Waals surface area contributed by atoms with Gasteiger partial charge in [-0.3, -0.25) is 0 Å². The van der Waals surface area contributed by atoms with Crippen LogP contribution in [0.5, 0.6) is 0 Å². The van der Waals surface area contributed by atoms with Gasteiger partial charge in [0.2, 0.25) is 0 Å². The second-order valence-corrected chi connectivity index (χ2v) is 4.37. The summed E-state index contributed by atoms with van der Waals surface area (Å²) < 4.78 is 20.6. The highest BCUT2D eigenvalue weighted by Crippen LogP contribution is 2.33. The number of rotatable bonds is 3. The van der Waals surface area contributed by atoms with E-state index in [0.29, 0.717) is 0 Å². The zero-order valence-electron chi connectivity index (χ0n) is 10.4. The second kappa shape index (κ2) is 5.18. The van der Waals surface area contributed by atoms with Crippen LogP contribution >= 0.6 is 0 Å². The molecule has 1 saturated heterocycles. The minimum atomic E-state index is -1.16. The molecule has 3 N–H and O–H groups in total. The van der Waals surface area contributed by atoms with Crippen LogP contribution in [0.2, 0.25) is 0 Å². The number of hydrogen-bond acceptors (Lipinski definition) is 6. The van der Waals surface area contributed by atoms with Gasteiger partial charge in [-0.05, 0) is 13.8 Å². The molecule has 7 heteroatoms. The molecule has 1 heterocycles. The molecule has 0 saturated carbocycles. The van der Waals surface area contributed by atoms with Crippen LogP contribution in [0.25, 0.3) is 0 Å². The molecule has 0 radical (unpaired) electrons. The smallest absolute Gasteiger partial charge is 0.404 e. The highest BCUT2D eigenvalue weighted by atomic mass is 16.7. The largest absolute Gasteiger partial charge is 0.441 e. The lowest BCUT2D eigenvalue weighted by molar-refractivity contribution is -0.319. The van der Waals surface area contributed by atoms with Crippen LogP contribution in [0.3, 0.4) is 0 Å². The second-order valence-electron chi connectivity index (χ2n) is 4.37. The number of hydrogen-bond donors (Lipinski definition) is 2. The van der Waals surface area contributed by atoms with E-state index < -0.39 is 36.3 Å². The third-order valence-electron chi connectivity index (χ3n) is 2.76. The molecule has 1 rings (SSSR count). The number of carbonyl (C=O) groups is 1. The van der Waals surface area contributed by atoms with Gasteiger partial charge in [0.1, 0.15) is 12.2 Å². The zero-order chi connectivity index (χ0) is 13.2. The van der Waals surface area contributed by atoms with Crippen LogP contribution in [-0.4, -0.2) is 55.6 Å². The van der Waals surface area contributed by atoms with Crippen molar-refractivity contribution in [3.63, 3.8) is 0 Å². The van der Waals surface area contributed by atoms with Crippen molar-refractivity contribution < 1.29 is 28.8 Å². The summed E-state index contributed by atoms with van der Waals surface area (Å²) >= 11 is 0. The summed E-state index contributed by atoms with van der Waals surface area (Å²) in [4.78, 5) is 10.8. The lowest BCUT2D eigenvalue weighted by Gasteiger charge is -2.47. The summed E-state index contributed by atoms with van der Waals surface area (Å²) in [6, 6.07) is 0. The van der Waals surface area contributed by atoms with Crippen molar-refractivity contribution in [2.45, 2.75) is 44.1 Å². The predicted octanol–water partition coefficient (Wildman–Crippen LogP) is -0.392. The molecule has 1 amide bonds. The molecule has 0 spiro atoms. The average molecular weight is 249 g/mol. The molecule has 1 unspecified atom stereocenters. The number of methoxy groups -OCH3 is 2. The maximum Gasteiger partial charge on any atom is 0.404 e. The molecule has 0 aromatic rings. The van der Waals surface area contributed by atoms with Crippen molar-refractivity contribution in [2.24, 2.45) is 5.73 Å². The van der Waals surface area contributed by atoms with Gasteiger partial charge < -0.3 is 29.8 Å². The Morgan fingerprint density at radius 2 is 1.94 bits per heavy atom. The van der Waals surface area contributed by atoms with Crippen molar-refractivity contribution in [3.05, 3.63) is 0 Å². The van der Waals surface area contributed by atoms with E-state index in [-0.39, 0.29) is 0 Å². The molecule has 1 aliphatic rings. The van der Waals surface area contributed by atoms with Gasteiger partial charge in [-0.25, -0.2) is 4.79 Å². The van der Waals surface area contributed by atoms with Gasteiger partial charge in [0.15, 0.2) is 12.4 Å². The van der Waals surface area contributed by atoms with Crippen LogP contribution in [0, 0.1) is 0 Å². The van der Waals surface area contributed by atoms with Gasteiger partial charge in [0, 0.05) is 14.2 Å². The van der Waals surface area contributed by atoms with Crippen molar-refractivity contribution in [3.8, 4) is 0 Å². The van der Waals surface area contributed by atoms with Gasteiger partial charge in [-0.2, -0.15) is 0 Å². The third kappa shape index (κ3) is 2.86. The monoisotopic (exact) mass is 249 g/mol. The lowest BCUT2D eigenvalue weighted by atomic mass is 9.89. The molecular weight excluding hydrogens is 230 g/mol. The molecule has 1 aliphatic heterocycles. The van der Waals surface area contributed by atoms with Crippen LogP contribution in [-0.2, 0) is 18.9 Å². The molecular formula is C10H19NO6. The van der Waals surface area contributed by atoms with Gasteiger partial charge in [0.25, 0.3) is 0 Å². The minimum absolute atomic E-state index is 0.642. The third-order valence-corrected chi connectivity index (χ3v) is 2.76. The fourth-order valence-electron chi connectivity index (χ4n) is 2.04. The average Bonchev–Trinajstić information content (AvgIpc) is 2.22. The zero-order valence-corrected chi connectivity index (χ0v) is 10.4. The first-order chi connectivity index (χ1) is 7.83. The standard InChI is InChI=1S/C10H19NO6/c1-10(2)7(14-3)6(16-9(11)13)5(12)8(15-4)17-10/h5-8,12H,1-4H3,(H2,11,13)/t5?,6-,7-,8-/m1/s1. The summed E-state index contributed by atoms with van der Waals surface area (Å²) in [7, 11) is 2.82. The number of ether oxygens (including phenoxy) is 4. The Hall–Kier alpha value is -0.890. The van der Waals surface area contributed by atoms with E-state index in [2.05, 4.69) is 0 Å². The fourth-order valence-corrected chi connectivity index (χ4v) is 2.04. The van der Waals surface area contributed by atoms with Gasteiger partial charge in [-0.15, -0.1) is 0 Å². The van der Waals surface area contributed by atoms with Gasteiger partial charge in [-0.1, -0.05) is 0 Å². The summed E-state index contributed by atoms with van der Waals surface area (Å²) in [5.74, 6) is 0. The van der Waals surface area contributed by atoms with Crippen molar-refractivity contribution in [2.75, 3.05) is 14.2 Å². The molecule has 0 aliphatic carbocycles. The summed E-state index contributed by atoms with van der Waals surface area (Å²) in [6.45, 7) is 3.49. The van der Waals surface area contributed by atoms with E-state index in [4.69, 9.17) is 24.7 Å². The van der Waals surface area contributed by atoms with Gasteiger partial charge in [0.05, 0.1) is 5.60 Å². The first-order valence-electron chi connectivity index (χ1n) is 5.21. The number of nitrogens with two attached hydrogens (primary N) is 1. The van der Waals surface area contributed by atoms with E-state index in [0.717, 1.165) is 0 Å². The number of aliphatic hydroxyl groups excluding tert-OH is 1. The number of primary amides is 1. The van der Waals surface area contributed by atoms with E-state index >= 15 is 0 Å². The number of aliphatic hydroxyl groups is 1. The quantitative estimate of drug-likeness (QED) is 0.706. The molecule has 0 bridgehead atoms. The maximum atomic E-state index is 10.8. The van der Waals surface area contributed by atoms with Crippen LogP contribution in [0.4, 0.5) is 4.79 Å². The fraction of sp³-hybridized carbons (Fsp3) is 0.900. The Morgan fingerprint density at radius 1 is 1.35 bits per heavy atom. The summed E-state index contributed by atoms with van der Waals surface area (Å²) in [5.41, 5.74) is 4.19. The van der Waals surface area contributed by atoms with Crippen molar-refractivity contribution in [1.82, 2.24) is 0 Å². The van der Waals surface area contributed by atoms with Gasteiger partial charge >= 0.3 is 6.09 Å². The Labute approximate surface area is 99.8 Å². The summed E-state index contributed by atoms with van der Waals surface area (Å²) in [5, 5.41) is 9.95. The highest BCUT2D eigenvalue weighted by molar-refractivity contribution is 5.65. The lowest BCUT2D eigenvalue weighted by Crippen LogP contribution is -2.64. The Morgan fingerprint density at radius 3 is 2.35 bits per heavy atom. The molecule has 17 heavy (non-hydrogen) atoms. The first-order valence-corrected chi connectivity index (χ1v) is 5.21. The van der Waals surface area contributed by atoms with Crippen LogP contribution in [0.15, 0.2) is 0 Å². The highest BCUT2D eigenvalue weighted by Gasteiger charge is 2.52. The molecule has 0 aromatic heterocycles. The van der Waals surface area contributed by atoms with Crippen molar-refractivity contribution >= 4 is 6.09 Å². The number of carbonyl (C=O) groups excluding carboxylic acids is 1. The summed E-state index contributed by atoms with van der Waals surface area (Å²) in [6.07, 6.45) is -4.63. The first kappa shape index (κ1) is 14.2. The molecule has 1 fully saturated rings. The Balaban J connectivity index is 2.96. The molecule has 100 valence electrons. The van der Waals surface area contributed by atoms with E-state index in [1.807, 2.05) is 0 Å². The number of amides is 1. The van der Waals surface area contributed by atoms with Crippen molar-refractivity contribution in [1.29, 1.82) is 0 Å². The maximum absolute atomic E-state index is 10.8. The SMILES string of the molecule is CO[C@@H]1OC(C)(C)[C@H](OC)[C@H](OC(N)=O)C1O. The minimum Gasteiger partial charge on any atom is -0.441 e. The van der Waals surface area contributed by atoms with Crippen LogP contribution in [0.1, 0.15) is 13.8 Å². The topological polar surface area (TPSA) is 100 Å². The Kier molecular flexibility index (Phi) is 4.31. The van der Waals surface area contributed by atoms with Crippen LogP contribution < -0.4 is 5.73 Å². The van der Waals surface area contributed by atoms with E-state index in [9.17, 15) is 9.90 Å². The normalized spacial score (nSPS) is 36.5. The molecule has 7 nitrogen and oxygen atoms in total. The predicted molar refractivity (Wildman–Crippen MR) is 57.2 cm³/mol.